The average molecular weight is 480 g/mol. The molecular weight excluding hydrogens is 460 g/mol. The second-order valence-electron chi connectivity index (χ2n) is 7.74. The number of benzene rings is 4. The molecule has 0 aliphatic heterocycles. The van der Waals surface area contributed by atoms with Crippen LogP contribution in [-0.4, -0.2) is 12.6 Å². The summed E-state index contributed by atoms with van der Waals surface area (Å²) in [6.07, 6.45) is 0. The van der Waals surface area contributed by atoms with E-state index in [4.69, 9.17) is 9.47 Å². The first kappa shape index (κ1) is 24.0. The Balaban J connectivity index is 1.54. The summed E-state index contributed by atoms with van der Waals surface area (Å²) in [5.41, 5.74) is 1.46. The molecule has 4 aromatic carbocycles. The predicted octanol–water partition coefficient (Wildman–Crippen LogP) is 7.50. The first-order chi connectivity index (χ1) is 16.8. The molecule has 0 unspecified atom stereocenters. The molecule has 0 atom stereocenters. The van der Waals surface area contributed by atoms with Gasteiger partial charge in [-0.3, -0.25) is 0 Å². The first-order valence-electron chi connectivity index (χ1n) is 10.8. The standard InChI is InChI=1S/C28H20F4O3/c1-3-34-23-15-14-22(26(31)27(23)32)28(33)35-19-10-8-18(9-11-19)21-13-12-20(24(29)25(21)30)17-6-4-16(2)5-7-17/h4-15H,3H2,1-2H3. The number of esters is 1. The molecule has 0 fully saturated rings. The Hall–Kier alpha value is -4.13. The fourth-order valence-electron chi connectivity index (χ4n) is 3.55. The third kappa shape index (κ3) is 4.89. The minimum atomic E-state index is -1.39. The van der Waals surface area contributed by atoms with Crippen LogP contribution >= 0.6 is 0 Å². The van der Waals surface area contributed by atoms with Crippen molar-refractivity contribution >= 4 is 5.97 Å². The largest absolute Gasteiger partial charge is 0.491 e. The summed E-state index contributed by atoms with van der Waals surface area (Å²) >= 11 is 0. The zero-order valence-electron chi connectivity index (χ0n) is 18.9. The van der Waals surface area contributed by atoms with E-state index >= 15 is 0 Å². The molecule has 4 rings (SSSR count). The molecule has 0 spiro atoms. The molecule has 0 amide bonds. The third-order valence-electron chi connectivity index (χ3n) is 5.39. The molecule has 3 nitrogen and oxygen atoms in total. The van der Waals surface area contributed by atoms with Gasteiger partial charge in [0.2, 0.25) is 5.82 Å². The van der Waals surface area contributed by atoms with Crippen LogP contribution in [0.15, 0.2) is 72.8 Å². The monoisotopic (exact) mass is 480 g/mol. The molecule has 4 aromatic rings. The molecule has 0 aliphatic carbocycles. The molecule has 0 saturated carbocycles. The van der Waals surface area contributed by atoms with E-state index < -0.39 is 34.8 Å². The molecule has 7 heteroatoms. The number of carbonyl (C=O) groups is 1. The van der Waals surface area contributed by atoms with E-state index in [-0.39, 0.29) is 29.2 Å². The quantitative estimate of drug-likeness (QED) is 0.163. The maximum absolute atomic E-state index is 14.9. The van der Waals surface area contributed by atoms with Gasteiger partial charge in [-0.25, -0.2) is 18.0 Å². The summed E-state index contributed by atoms with van der Waals surface area (Å²) < 4.78 is 68.0. The lowest BCUT2D eigenvalue weighted by molar-refractivity contribution is 0.0728. The Bertz CT molecular complexity index is 1380. The highest BCUT2D eigenvalue weighted by Crippen LogP contribution is 2.32. The van der Waals surface area contributed by atoms with Crippen LogP contribution in [0, 0.1) is 30.2 Å². The van der Waals surface area contributed by atoms with E-state index in [9.17, 15) is 22.4 Å². The van der Waals surface area contributed by atoms with Crippen LogP contribution in [0.2, 0.25) is 0 Å². The van der Waals surface area contributed by atoms with Gasteiger partial charge >= 0.3 is 5.97 Å². The number of hydrogen-bond acceptors (Lipinski definition) is 3. The molecule has 35 heavy (non-hydrogen) atoms. The van der Waals surface area contributed by atoms with Crippen molar-refractivity contribution in [3.63, 3.8) is 0 Å². The van der Waals surface area contributed by atoms with Crippen molar-refractivity contribution in [2.75, 3.05) is 6.61 Å². The summed E-state index contributed by atoms with van der Waals surface area (Å²) in [5.74, 6) is -6.07. The molecule has 0 saturated heterocycles. The highest BCUT2D eigenvalue weighted by molar-refractivity contribution is 5.91. The van der Waals surface area contributed by atoms with Crippen LogP contribution in [0.4, 0.5) is 17.6 Å². The normalized spacial score (nSPS) is 10.8. The van der Waals surface area contributed by atoms with E-state index in [1.54, 1.807) is 19.1 Å². The number of carbonyl (C=O) groups excluding carboxylic acids is 1. The van der Waals surface area contributed by atoms with Gasteiger partial charge in [-0.05, 0) is 49.2 Å². The third-order valence-corrected chi connectivity index (χ3v) is 5.39. The van der Waals surface area contributed by atoms with E-state index in [2.05, 4.69) is 0 Å². The SMILES string of the molecule is CCOc1ccc(C(=O)Oc2ccc(-c3ccc(-c4ccc(C)cc4)c(F)c3F)cc2)c(F)c1F. The second-order valence-corrected chi connectivity index (χ2v) is 7.74. The number of halogens is 4. The van der Waals surface area contributed by atoms with Gasteiger partial charge in [0.05, 0.1) is 12.2 Å². The van der Waals surface area contributed by atoms with E-state index in [0.29, 0.717) is 11.1 Å². The van der Waals surface area contributed by atoms with Gasteiger partial charge in [0.15, 0.2) is 23.2 Å². The number of ether oxygens (including phenoxy) is 2. The van der Waals surface area contributed by atoms with Gasteiger partial charge in [0.25, 0.3) is 0 Å². The van der Waals surface area contributed by atoms with Gasteiger partial charge in [-0.15, -0.1) is 0 Å². The molecule has 0 aromatic heterocycles. The van der Waals surface area contributed by atoms with Crippen molar-refractivity contribution in [3.05, 3.63) is 107 Å². The van der Waals surface area contributed by atoms with Crippen LogP contribution in [0.5, 0.6) is 11.5 Å². The summed E-state index contributed by atoms with van der Waals surface area (Å²) in [7, 11) is 0. The lowest BCUT2D eigenvalue weighted by Crippen LogP contribution is -2.12. The van der Waals surface area contributed by atoms with Crippen LogP contribution in [-0.2, 0) is 0 Å². The fourth-order valence-corrected chi connectivity index (χ4v) is 3.55. The van der Waals surface area contributed by atoms with Crippen molar-refractivity contribution < 1.29 is 31.8 Å². The maximum atomic E-state index is 14.9. The maximum Gasteiger partial charge on any atom is 0.346 e. The molecular formula is C28H20F4O3. The van der Waals surface area contributed by atoms with Gasteiger partial charge in [0.1, 0.15) is 5.75 Å². The van der Waals surface area contributed by atoms with Crippen LogP contribution in [0.25, 0.3) is 22.3 Å². The Morgan fingerprint density at radius 3 is 1.77 bits per heavy atom. The first-order valence-corrected chi connectivity index (χ1v) is 10.8. The second kappa shape index (κ2) is 10.0. The van der Waals surface area contributed by atoms with E-state index in [0.717, 1.165) is 17.7 Å². The van der Waals surface area contributed by atoms with Gasteiger partial charge in [-0.2, -0.15) is 4.39 Å². The minimum Gasteiger partial charge on any atom is -0.491 e. The molecule has 0 aliphatic rings. The summed E-state index contributed by atoms with van der Waals surface area (Å²) in [4.78, 5) is 12.3. The Kier molecular flexibility index (Phi) is 6.87. The lowest BCUT2D eigenvalue weighted by atomic mass is 9.98. The van der Waals surface area contributed by atoms with Crippen LogP contribution in [0.3, 0.4) is 0 Å². The molecule has 178 valence electrons. The summed E-state index contributed by atoms with van der Waals surface area (Å²) in [5, 5.41) is 0. The molecule has 0 heterocycles. The van der Waals surface area contributed by atoms with Crippen LogP contribution in [0.1, 0.15) is 22.8 Å². The van der Waals surface area contributed by atoms with Gasteiger partial charge in [-0.1, -0.05) is 54.1 Å². The number of aryl methyl sites for hydroxylation is 1. The van der Waals surface area contributed by atoms with Crippen molar-refractivity contribution in [1.82, 2.24) is 0 Å². The molecule has 0 bridgehead atoms. The van der Waals surface area contributed by atoms with Crippen molar-refractivity contribution in [2.24, 2.45) is 0 Å². The van der Waals surface area contributed by atoms with Crippen molar-refractivity contribution in [2.45, 2.75) is 13.8 Å². The summed E-state index contributed by atoms with van der Waals surface area (Å²) in [6, 6.07) is 17.8. The minimum absolute atomic E-state index is 0.0181. The van der Waals surface area contributed by atoms with Crippen molar-refractivity contribution in [3.8, 4) is 33.8 Å². The Morgan fingerprint density at radius 2 is 1.23 bits per heavy atom. The average Bonchev–Trinajstić information content (AvgIpc) is 2.85. The zero-order chi connectivity index (χ0) is 25.1. The van der Waals surface area contributed by atoms with Gasteiger partial charge < -0.3 is 9.47 Å². The Labute approximate surface area is 199 Å². The highest BCUT2D eigenvalue weighted by atomic mass is 19.2. The zero-order valence-corrected chi connectivity index (χ0v) is 18.9. The van der Waals surface area contributed by atoms with E-state index in [1.165, 1.54) is 36.4 Å². The predicted molar refractivity (Wildman–Crippen MR) is 124 cm³/mol. The number of rotatable bonds is 6. The smallest absolute Gasteiger partial charge is 0.346 e. The Morgan fingerprint density at radius 1 is 0.686 bits per heavy atom. The summed E-state index contributed by atoms with van der Waals surface area (Å²) in [6.45, 7) is 3.64. The fraction of sp³-hybridized carbons (Fsp3) is 0.107. The van der Waals surface area contributed by atoms with Crippen molar-refractivity contribution in [1.29, 1.82) is 0 Å². The van der Waals surface area contributed by atoms with Gasteiger partial charge in [0, 0.05) is 11.1 Å². The lowest BCUT2D eigenvalue weighted by Gasteiger charge is -2.11. The van der Waals surface area contributed by atoms with E-state index in [1.807, 2.05) is 19.1 Å². The highest BCUT2D eigenvalue weighted by Gasteiger charge is 2.21. The number of hydrogen-bond donors (Lipinski definition) is 0. The molecule has 0 radical (unpaired) electrons. The topological polar surface area (TPSA) is 35.5 Å². The molecule has 0 N–H and O–H groups in total. The van der Waals surface area contributed by atoms with Crippen LogP contribution < -0.4 is 9.47 Å².